The predicted octanol–water partition coefficient (Wildman–Crippen LogP) is 6.68. The lowest BCUT2D eigenvalue weighted by atomic mass is 9.77. The summed E-state index contributed by atoms with van der Waals surface area (Å²) in [7, 11) is 0. The lowest BCUT2D eigenvalue weighted by Gasteiger charge is -2.31. The molecular weight excluding hydrogens is 360 g/mol. The molecule has 0 spiro atoms. The van der Waals surface area contributed by atoms with E-state index in [1.807, 2.05) is 11.3 Å². The second-order valence-corrected chi connectivity index (χ2v) is 9.50. The molecule has 1 aliphatic carbocycles. The molecule has 0 amide bonds. The van der Waals surface area contributed by atoms with Gasteiger partial charge in [0.1, 0.15) is 0 Å². The van der Waals surface area contributed by atoms with Crippen LogP contribution in [0.15, 0.2) is 54.1 Å². The van der Waals surface area contributed by atoms with E-state index in [0.717, 1.165) is 18.4 Å². The van der Waals surface area contributed by atoms with Crippen LogP contribution in [0.25, 0.3) is 16.5 Å². The minimum atomic E-state index is 0.749. The zero-order valence-corrected chi connectivity index (χ0v) is 17.4. The number of thiophene rings is 1. The smallest absolute Gasteiger partial charge is 0.0456 e. The first-order valence-corrected chi connectivity index (χ1v) is 11.8. The maximum absolute atomic E-state index is 3.47. The number of hydrogen-bond donors (Lipinski definition) is 1. The minimum Gasteiger partial charge on any atom is -0.361 e. The lowest BCUT2D eigenvalue weighted by Crippen LogP contribution is -2.31. The van der Waals surface area contributed by atoms with Crippen molar-refractivity contribution in [2.45, 2.75) is 44.4 Å². The third kappa shape index (κ3) is 3.83. The molecule has 1 aliphatic heterocycles. The van der Waals surface area contributed by atoms with E-state index in [2.05, 4.69) is 63.9 Å². The SMILES string of the molecule is C1=C(c2cccs2)CCN(CCC2CCC(c3c[nH]c4ccccc34)CC2)C1. The van der Waals surface area contributed by atoms with Gasteiger partial charge >= 0.3 is 0 Å². The number of rotatable bonds is 5. The van der Waals surface area contributed by atoms with Crippen LogP contribution < -0.4 is 0 Å². The second-order valence-electron chi connectivity index (χ2n) is 8.55. The van der Waals surface area contributed by atoms with Crippen LogP contribution in [-0.4, -0.2) is 29.5 Å². The molecule has 146 valence electrons. The monoisotopic (exact) mass is 390 g/mol. The highest BCUT2D eigenvalue weighted by Crippen LogP contribution is 2.39. The van der Waals surface area contributed by atoms with E-state index in [0.29, 0.717) is 0 Å². The Bertz CT molecular complexity index is 929. The van der Waals surface area contributed by atoms with Crippen LogP contribution in [0, 0.1) is 5.92 Å². The van der Waals surface area contributed by atoms with E-state index in [-0.39, 0.29) is 0 Å². The van der Waals surface area contributed by atoms with Crippen molar-refractivity contribution in [3.8, 4) is 0 Å². The highest BCUT2D eigenvalue weighted by atomic mass is 32.1. The third-order valence-corrected chi connectivity index (χ3v) is 7.84. The van der Waals surface area contributed by atoms with Crippen molar-refractivity contribution in [3.05, 3.63) is 64.5 Å². The zero-order valence-electron chi connectivity index (χ0n) is 16.6. The van der Waals surface area contributed by atoms with Gasteiger partial charge in [-0.1, -0.05) is 30.3 Å². The number of H-pyrrole nitrogens is 1. The number of aromatic amines is 1. The van der Waals surface area contributed by atoms with Crippen molar-refractivity contribution in [2.75, 3.05) is 19.6 Å². The number of fused-ring (bicyclic) bond motifs is 1. The molecule has 1 fully saturated rings. The van der Waals surface area contributed by atoms with Crippen LogP contribution in [0.4, 0.5) is 0 Å². The van der Waals surface area contributed by atoms with Crippen LogP contribution in [0.5, 0.6) is 0 Å². The van der Waals surface area contributed by atoms with Gasteiger partial charge in [0.15, 0.2) is 0 Å². The van der Waals surface area contributed by atoms with Gasteiger partial charge in [0.05, 0.1) is 0 Å². The van der Waals surface area contributed by atoms with Gasteiger partial charge in [0.25, 0.3) is 0 Å². The summed E-state index contributed by atoms with van der Waals surface area (Å²) in [5, 5.41) is 3.63. The number of para-hydroxylation sites is 1. The van der Waals surface area contributed by atoms with E-state index in [4.69, 9.17) is 0 Å². The molecule has 3 heteroatoms. The van der Waals surface area contributed by atoms with Gasteiger partial charge in [-0.3, -0.25) is 4.90 Å². The van der Waals surface area contributed by atoms with Gasteiger partial charge in [-0.15, -0.1) is 11.3 Å². The molecule has 5 rings (SSSR count). The first kappa shape index (κ1) is 18.2. The number of nitrogens with one attached hydrogen (secondary N) is 1. The summed E-state index contributed by atoms with van der Waals surface area (Å²) in [5.74, 6) is 1.67. The fraction of sp³-hybridized carbons (Fsp3) is 0.440. The summed E-state index contributed by atoms with van der Waals surface area (Å²) in [6.45, 7) is 3.64. The summed E-state index contributed by atoms with van der Waals surface area (Å²) in [6.07, 6.45) is 12.8. The summed E-state index contributed by atoms with van der Waals surface area (Å²) >= 11 is 1.88. The van der Waals surface area contributed by atoms with Gasteiger partial charge in [-0.2, -0.15) is 0 Å². The van der Waals surface area contributed by atoms with Crippen molar-refractivity contribution in [1.29, 1.82) is 0 Å². The molecule has 1 aromatic carbocycles. The lowest BCUT2D eigenvalue weighted by molar-refractivity contribution is 0.240. The maximum atomic E-state index is 3.47. The Morgan fingerprint density at radius 2 is 1.93 bits per heavy atom. The molecule has 2 nitrogen and oxygen atoms in total. The molecule has 0 atom stereocenters. The molecule has 1 saturated carbocycles. The van der Waals surface area contributed by atoms with Gasteiger partial charge in [0.2, 0.25) is 0 Å². The number of benzene rings is 1. The van der Waals surface area contributed by atoms with E-state index in [1.165, 1.54) is 67.4 Å². The normalized spacial score (nSPS) is 23.8. The second kappa shape index (κ2) is 8.26. The van der Waals surface area contributed by atoms with Crippen LogP contribution >= 0.6 is 11.3 Å². The Labute approximate surface area is 172 Å². The fourth-order valence-corrected chi connectivity index (χ4v) is 5.96. The van der Waals surface area contributed by atoms with Crippen LogP contribution in [0.1, 0.15) is 54.9 Å². The molecular formula is C25H30N2S. The zero-order chi connectivity index (χ0) is 18.8. The average Bonchev–Trinajstić information content (AvgIpc) is 3.43. The van der Waals surface area contributed by atoms with Crippen molar-refractivity contribution in [1.82, 2.24) is 9.88 Å². The van der Waals surface area contributed by atoms with E-state index in [1.54, 1.807) is 11.1 Å². The first-order valence-electron chi connectivity index (χ1n) is 10.9. The Morgan fingerprint density at radius 1 is 1.04 bits per heavy atom. The largest absolute Gasteiger partial charge is 0.361 e. The van der Waals surface area contributed by atoms with Gasteiger partial charge in [-0.25, -0.2) is 0 Å². The van der Waals surface area contributed by atoms with Crippen molar-refractivity contribution >= 4 is 27.8 Å². The van der Waals surface area contributed by atoms with E-state index in [9.17, 15) is 0 Å². The van der Waals surface area contributed by atoms with Crippen molar-refractivity contribution in [3.63, 3.8) is 0 Å². The van der Waals surface area contributed by atoms with Crippen LogP contribution in [-0.2, 0) is 0 Å². The highest BCUT2D eigenvalue weighted by molar-refractivity contribution is 7.11. The van der Waals surface area contributed by atoms with Crippen LogP contribution in [0.2, 0.25) is 0 Å². The topological polar surface area (TPSA) is 19.0 Å². The van der Waals surface area contributed by atoms with Gasteiger partial charge < -0.3 is 4.98 Å². The summed E-state index contributed by atoms with van der Waals surface area (Å²) in [4.78, 5) is 7.59. The van der Waals surface area contributed by atoms with Crippen molar-refractivity contribution in [2.24, 2.45) is 5.92 Å². The molecule has 2 aliphatic rings. The number of aromatic nitrogens is 1. The number of hydrogen-bond acceptors (Lipinski definition) is 2. The molecule has 2 aromatic heterocycles. The van der Waals surface area contributed by atoms with E-state index < -0.39 is 0 Å². The number of nitrogens with zero attached hydrogens (tertiary/aromatic N) is 1. The molecule has 3 aromatic rings. The summed E-state index contributed by atoms with van der Waals surface area (Å²) in [6, 6.07) is 13.2. The molecule has 1 N–H and O–H groups in total. The molecule has 3 heterocycles. The quantitative estimate of drug-likeness (QED) is 0.514. The average molecular weight is 391 g/mol. The molecule has 0 radical (unpaired) electrons. The highest BCUT2D eigenvalue weighted by Gasteiger charge is 2.24. The molecule has 28 heavy (non-hydrogen) atoms. The molecule has 0 saturated heterocycles. The minimum absolute atomic E-state index is 0.749. The predicted molar refractivity (Wildman–Crippen MR) is 121 cm³/mol. The first-order chi connectivity index (χ1) is 13.9. The Hall–Kier alpha value is -1.84. The third-order valence-electron chi connectivity index (χ3n) is 6.89. The summed E-state index contributed by atoms with van der Waals surface area (Å²) < 4.78 is 0. The molecule has 0 bridgehead atoms. The maximum Gasteiger partial charge on any atom is 0.0456 e. The Morgan fingerprint density at radius 3 is 2.71 bits per heavy atom. The van der Waals surface area contributed by atoms with Gasteiger partial charge in [0, 0.05) is 35.1 Å². The van der Waals surface area contributed by atoms with Crippen LogP contribution in [0.3, 0.4) is 0 Å². The standard InChI is InChI=1S/C25H30N2S/c1-2-5-24-22(4-1)23(18-26-24)20-9-7-19(8-10-20)11-14-27-15-12-21(13-16-27)25-6-3-17-28-25/h1-6,12,17-20,26H,7-11,13-16H2. The fourth-order valence-electron chi connectivity index (χ4n) is 5.16. The van der Waals surface area contributed by atoms with Crippen molar-refractivity contribution < 1.29 is 0 Å². The van der Waals surface area contributed by atoms with E-state index >= 15 is 0 Å². The summed E-state index contributed by atoms with van der Waals surface area (Å²) in [5.41, 5.74) is 4.40. The van der Waals surface area contributed by atoms with Gasteiger partial charge in [-0.05, 0) is 85.6 Å². The Balaban J connectivity index is 1.10. The Kier molecular flexibility index (Phi) is 5.37. The molecule has 0 unspecified atom stereocenters.